The number of hydrogen-bond acceptors (Lipinski definition) is 4. The Morgan fingerprint density at radius 1 is 1.55 bits per heavy atom. The molecule has 0 heterocycles. The molecule has 0 spiro atoms. The van der Waals surface area contributed by atoms with E-state index in [1.807, 2.05) is 0 Å². The molecule has 108 valence electrons. The predicted molar refractivity (Wildman–Crippen MR) is 73.7 cm³/mol. The average molecular weight is 279 g/mol. The quantitative estimate of drug-likeness (QED) is 0.744. The van der Waals surface area contributed by atoms with Crippen molar-refractivity contribution < 1.29 is 13.9 Å². The zero-order chi connectivity index (χ0) is 15.0. The van der Waals surface area contributed by atoms with E-state index in [-0.39, 0.29) is 11.5 Å². The Bertz CT molecular complexity index is 500. The molecule has 1 atom stereocenters. The molecule has 0 aromatic heterocycles. The fraction of sp³-hybridized carbons (Fsp3) is 0.429. The molecule has 6 heteroatoms. The zero-order valence-corrected chi connectivity index (χ0v) is 11.6. The van der Waals surface area contributed by atoms with Crippen molar-refractivity contribution in [2.24, 2.45) is 0 Å². The second kappa shape index (κ2) is 8.12. The van der Waals surface area contributed by atoms with Crippen molar-refractivity contribution in [2.75, 3.05) is 25.6 Å². The Balaban J connectivity index is 2.58. The molecule has 20 heavy (non-hydrogen) atoms. The first-order chi connectivity index (χ1) is 9.60. The molecule has 0 aliphatic carbocycles. The van der Waals surface area contributed by atoms with E-state index < -0.39 is 11.9 Å². The summed E-state index contributed by atoms with van der Waals surface area (Å²) in [5, 5.41) is 14.5. The highest BCUT2D eigenvalue weighted by molar-refractivity contribution is 5.84. The van der Waals surface area contributed by atoms with Gasteiger partial charge >= 0.3 is 0 Å². The van der Waals surface area contributed by atoms with Crippen molar-refractivity contribution >= 4 is 11.6 Å². The summed E-state index contributed by atoms with van der Waals surface area (Å²) in [7, 11) is 1.60. The van der Waals surface area contributed by atoms with E-state index in [9.17, 15) is 9.18 Å². The topological polar surface area (TPSA) is 74.2 Å². The minimum Gasteiger partial charge on any atom is -0.385 e. The maximum Gasteiger partial charge on any atom is 0.242 e. The van der Waals surface area contributed by atoms with Gasteiger partial charge in [0.15, 0.2) is 0 Å². The molecular formula is C14H18FN3O2. The molecule has 1 aromatic rings. The highest BCUT2D eigenvalue weighted by atomic mass is 19.1. The van der Waals surface area contributed by atoms with Gasteiger partial charge in [-0.05, 0) is 25.5 Å². The fourth-order valence-electron chi connectivity index (χ4n) is 1.64. The van der Waals surface area contributed by atoms with E-state index in [1.165, 1.54) is 12.1 Å². The van der Waals surface area contributed by atoms with E-state index in [1.54, 1.807) is 26.2 Å². The molecule has 1 aromatic carbocycles. The monoisotopic (exact) mass is 279 g/mol. The van der Waals surface area contributed by atoms with Crippen molar-refractivity contribution in [1.82, 2.24) is 5.32 Å². The lowest BCUT2D eigenvalue weighted by Crippen LogP contribution is -2.38. The van der Waals surface area contributed by atoms with Gasteiger partial charge < -0.3 is 15.4 Å². The molecule has 5 nitrogen and oxygen atoms in total. The molecular weight excluding hydrogens is 261 g/mol. The van der Waals surface area contributed by atoms with E-state index in [0.717, 1.165) is 6.42 Å². The lowest BCUT2D eigenvalue weighted by atomic mass is 10.1. The number of carbonyl (C=O) groups excluding carboxylic acids is 1. The second-order valence-electron chi connectivity index (χ2n) is 4.28. The molecule has 0 saturated heterocycles. The average Bonchev–Trinajstić information content (AvgIpc) is 2.43. The largest absolute Gasteiger partial charge is 0.385 e. The molecule has 1 amide bonds. The van der Waals surface area contributed by atoms with E-state index in [4.69, 9.17) is 10.00 Å². The van der Waals surface area contributed by atoms with Gasteiger partial charge in [-0.15, -0.1) is 0 Å². The van der Waals surface area contributed by atoms with Crippen LogP contribution in [0.1, 0.15) is 18.9 Å². The highest BCUT2D eigenvalue weighted by Crippen LogP contribution is 2.18. The summed E-state index contributed by atoms with van der Waals surface area (Å²) in [6.07, 6.45) is 0.721. The van der Waals surface area contributed by atoms with Crippen LogP contribution < -0.4 is 10.6 Å². The normalized spacial score (nSPS) is 11.5. The summed E-state index contributed by atoms with van der Waals surface area (Å²) in [5.74, 6) is -0.820. The summed E-state index contributed by atoms with van der Waals surface area (Å²) in [6.45, 7) is 2.73. The summed E-state index contributed by atoms with van der Waals surface area (Å²) in [5.41, 5.74) is 0.221. The fourth-order valence-corrected chi connectivity index (χ4v) is 1.64. The molecule has 1 unspecified atom stereocenters. The van der Waals surface area contributed by atoms with Gasteiger partial charge in [0, 0.05) is 20.3 Å². The van der Waals surface area contributed by atoms with Crippen LogP contribution in [0.4, 0.5) is 10.1 Å². The maximum atomic E-state index is 13.4. The molecule has 0 saturated carbocycles. The van der Waals surface area contributed by atoms with Gasteiger partial charge in [0.05, 0.1) is 5.69 Å². The number of nitrogens with one attached hydrogen (secondary N) is 2. The highest BCUT2D eigenvalue weighted by Gasteiger charge is 2.15. The summed E-state index contributed by atoms with van der Waals surface area (Å²) in [6, 6.07) is 5.48. The summed E-state index contributed by atoms with van der Waals surface area (Å²) >= 11 is 0. The second-order valence-corrected chi connectivity index (χ2v) is 4.28. The van der Waals surface area contributed by atoms with Gasteiger partial charge in [-0.25, -0.2) is 4.39 Å². The van der Waals surface area contributed by atoms with Crippen molar-refractivity contribution in [3.05, 3.63) is 29.6 Å². The Morgan fingerprint density at radius 2 is 2.30 bits per heavy atom. The van der Waals surface area contributed by atoms with E-state index in [0.29, 0.717) is 18.8 Å². The van der Waals surface area contributed by atoms with Crippen molar-refractivity contribution in [3.63, 3.8) is 0 Å². The maximum absolute atomic E-state index is 13.4. The van der Waals surface area contributed by atoms with Crippen molar-refractivity contribution in [2.45, 2.75) is 19.4 Å². The van der Waals surface area contributed by atoms with Crippen LogP contribution in [0.5, 0.6) is 0 Å². The third-order valence-electron chi connectivity index (χ3n) is 2.72. The van der Waals surface area contributed by atoms with Crippen molar-refractivity contribution in [3.8, 4) is 6.07 Å². The van der Waals surface area contributed by atoms with Crippen LogP contribution in [0, 0.1) is 17.1 Å². The van der Waals surface area contributed by atoms with Gasteiger partial charge in [-0.2, -0.15) is 5.26 Å². The zero-order valence-electron chi connectivity index (χ0n) is 11.6. The number of carbonyl (C=O) groups is 1. The lowest BCUT2D eigenvalue weighted by Gasteiger charge is -2.16. The van der Waals surface area contributed by atoms with E-state index in [2.05, 4.69) is 10.6 Å². The minimum absolute atomic E-state index is 0.0912. The molecule has 1 rings (SSSR count). The Labute approximate surface area is 117 Å². The summed E-state index contributed by atoms with van der Waals surface area (Å²) < 4.78 is 18.3. The van der Waals surface area contributed by atoms with Gasteiger partial charge in [0.2, 0.25) is 5.91 Å². The van der Waals surface area contributed by atoms with Crippen molar-refractivity contribution in [1.29, 1.82) is 5.26 Å². The molecule has 0 aliphatic heterocycles. The van der Waals surface area contributed by atoms with Crippen LogP contribution in [0.25, 0.3) is 0 Å². The van der Waals surface area contributed by atoms with Crippen LogP contribution in [0.2, 0.25) is 0 Å². The number of anilines is 1. The number of methoxy groups -OCH3 is 1. The van der Waals surface area contributed by atoms with Crippen LogP contribution >= 0.6 is 0 Å². The SMILES string of the molecule is COCCCNC(=O)C(C)Nc1cccc(F)c1C#N. The van der Waals surface area contributed by atoms with E-state index >= 15 is 0 Å². The number of amides is 1. The lowest BCUT2D eigenvalue weighted by molar-refractivity contribution is -0.121. The summed E-state index contributed by atoms with van der Waals surface area (Å²) in [4.78, 5) is 11.8. The first kappa shape index (κ1) is 15.9. The number of halogens is 1. The molecule has 0 aliphatic rings. The number of benzene rings is 1. The van der Waals surface area contributed by atoms with Gasteiger partial charge in [-0.3, -0.25) is 4.79 Å². The van der Waals surface area contributed by atoms with Gasteiger partial charge in [-0.1, -0.05) is 6.07 Å². The van der Waals surface area contributed by atoms with Crippen LogP contribution in [-0.2, 0) is 9.53 Å². The Kier molecular flexibility index (Phi) is 6.47. The van der Waals surface area contributed by atoms with Gasteiger partial charge in [0.25, 0.3) is 0 Å². The molecule has 2 N–H and O–H groups in total. The van der Waals surface area contributed by atoms with Crippen LogP contribution in [0.3, 0.4) is 0 Å². The first-order valence-electron chi connectivity index (χ1n) is 6.32. The number of ether oxygens (including phenoxy) is 1. The number of nitrogens with zero attached hydrogens (tertiary/aromatic N) is 1. The standard InChI is InChI=1S/C14H18FN3O2/c1-10(14(19)17-7-4-8-20-2)18-13-6-3-5-12(15)11(13)9-16/h3,5-6,10,18H,4,7-8H2,1-2H3,(H,17,19). The van der Waals surface area contributed by atoms with Crippen LogP contribution in [0.15, 0.2) is 18.2 Å². The minimum atomic E-state index is -0.606. The molecule has 0 bridgehead atoms. The molecule has 0 radical (unpaired) electrons. The first-order valence-corrected chi connectivity index (χ1v) is 6.32. The third kappa shape index (κ3) is 4.52. The van der Waals surface area contributed by atoms with Gasteiger partial charge in [0.1, 0.15) is 23.5 Å². The molecule has 0 fully saturated rings. The Morgan fingerprint density at radius 3 is 2.95 bits per heavy atom. The predicted octanol–water partition coefficient (Wildman–Crippen LogP) is 1.65. The smallest absolute Gasteiger partial charge is 0.242 e. The number of hydrogen-bond donors (Lipinski definition) is 2. The number of nitriles is 1. The third-order valence-corrected chi connectivity index (χ3v) is 2.72. The Hall–Kier alpha value is -2.13. The number of rotatable bonds is 7. The van der Waals surface area contributed by atoms with Crippen LogP contribution in [-0.4, -0.2) is 32.2 Å².